The van der Waals surface area contributed by atoms with Crippen LogP contribution in [0.1, 0.15) is 24.2 Å². The van der Waals surface area contributed by atoms with Crippen LogP contribution in [0.25, 0.3) is 0 Å². The smallest absolute Gasteiger partial charge is 0.356 e. The van der Waals surface area contributed by atoms with Crippen LogP contribution in [0.15, 0.2) is 11.1 Å². The normalized spacial score (nSPS) is 12.0. The molecule has 1 heterocycles. The molecule has 0 bridgehead atoms. The molecule has 1 rings (SSSR count). The fourth-order valence-corrected chi connectivity index (χ4v) is 1.88. The van der Waals surface area contributed by atoms with E-state index >= 15 is 0 Å². The summed E-state index contributed by atoms with van der Waals surface area (Å²) >= 11 is 0. The first-order chi connectivity index (χ1) is 9.81. The van der Waals surface area contributed by atoms with Gasteiger partial charge in [0.25, 0.3) is 0 Å². The van der Waals surface area contributed by atoms with Crippen molar-refractivity contribution in [3.63, 3.8) is 0 Å². The number of nitrogens with zero attached hydrogens (tertiary/aromatic N) is 3. The summed E-state index contributed by atoms with van der Waals surface area (Å²) in [6.07, 6.45) is -4.22. The number of nitrogens with one attached hydrogen (secondary N) is 2. The molecule has 22 heavy (non-hydrogen) atoms. The van der Waals surface area contributed by atoms with Crippen LogP contribution in [0.2, 0.25) is 0 Å². The van der Waals surface area contributed by atoms with Crippen LogP contribution in [0.5, 0.6) is 0 Å². The Morgan fingerprint density at radius 1 is 1.27 bits per heavy atom. The van der Waals surface area contributed by atoms with Crippen molar-refractivity contribution in [1.82, 2.24) is 20.4 Å². The first kappa shape index (κ1) is 21.0. The molecule has 1 aromatic heterocycles. The minimum Gasteiger partial charge on any atom is -0.356 e. The van der Waals surface area contributed by atoms with Gasteiger partial charge in [-0.3, -0.25) is 9.67 Å². The number of aromatic nitrogens is 2. The van der Waals surface area contributed by atoms with E-state index in [2.05, 4.69) is 20.7 Å². The lowest BCUT2D eigenvalue weighted by Gasteiger charge is -2.13. The standard InChI is InChI=1S/C13H22F3N5.HI/c1-10-9-11(2)21(20-10)8-4-6-18-12(17-3)19-7-5-13(14,15)16;/h9H,4-8H2,1-3H3,(H2,17,18,19);1H. The summed E-state index contributed by atoms with van der Waals surface area (Å²) in [4.78, 5) is 3.88. The average molecular weight is 433 g/mol. The Bertz CT molecular complexity index is 471. The van der Waals surface area contributed by atoms with Crippen LogP contribution in [0, 0.1) is 13.8 Å². The van der Waals surface area contributed by atoms with Crippen molar-refractivity contribution in [2.45, 2.75) is 39.4 Å². The fourth-order valence-electron chi connectivity index (χ4n) is 1.88. The number of rotatable bonds is 6. The third kappa shape index (κ3) is 8.44. The Hall–Kier alpha value is -1.00. The molecule has 0 fully saturated rings. The maximum absolute atomic E-state index is 12.0. The van der Waals surface area contributed by atoms with E-state index in [1.165, 1.54) is 7.05 Å². The van der Waals surface area contributed by atoms with E-state index < -0.39 is 12.6 Å². The second-order valence-corrected chi connectivity index (χ2v) is 4.79. The molecule has 2 N–H and O–H groups in total. The predicted molar refractivity (Wildman–Crippen MR) is 91.8 cm³/mol. The van der Waals surface area contributed by atoms with E-state index in [9.17, 15) is 13.2 Å². The summed E-state index contributed by atoms with van der Waals surface area (Å²) in [7, 11) is 1.53. The van der Waals surface area contributed by atoms with Crippen LogP contribution < -0.4 is 10.6 Å². The van der Waals surface area contributed by atoms with Gasteiger partial charge >= 0.3 is 6.18 Å². The Morgan fingerprint density at radius 2 is 1.91 bits per heavy atom. The summed E-state index contributed by atoms with van der Waals surface area (Å²) in [5.74, 6) is 0.382. The highest BCUT2D eigenvalue weighted by molar-refractivity contribution is 14.0. The van der Waals surface area contributed by atoms with Gasteiger partial charge in [0, 0.05) is 32.4 Å². The number of hydrogen-bond donors (Lipinski definition) is 2. The lowest BCUT2D eigenvalue weighted by molar-refractivity contribution is -0.132. The van der Waals surface area contributed by atoms with Gasteiger partial charge in [-0.25, -0.2) is 0 Å². The van der Waals surface area contributed by atoms with Gasteiger partial charge in [0.1, 0.15) is 0 Å². The monoisotopic (exact) mass is 433 g/mol. The molecule has 0 amide bonds. The maximum Gasteiger partial charge on any atom is 0.390 e. The van der Waals surface area contributed by atoms with E-state index in [1.807, 2.05) is 24.6 Å². The van der Waals surface area contributed by atoms with Gasteiger partial charge in [0.05, 0.1) is 12.1 Å². The zero-order valence-corrected chi connectivity index (χ0v) is 15.3. The molecule has 1 aromatic rings. The number of alkyl halides is 3. The topological polar surface area (TPSA) is 54.2 Å². The zero-order chi connectivity index (χ0) is 15.9. The van der Waals surface area contributed by atoms with Gasteiger partial charge in [-0.15, -0.1) is 24.0 Å². The third-order valence-corrected chi connectivity index (χ3v) is 2.87. The van der Waals surface area contributed by atoms with Crippen molar-refractivity contribution < 1.29 is 13.2 Å². The molecule has 0 radical (unpaired) electrons. The second-order valence-electron chi connectivity index (χ2n) is 4.79. The third-order valence-electron chi connectivity index (χ3n) is 2.87. The molecule has 0 aliphatic rings. The lowest BCUT2D eigenvalue weighted by Crippen LogP contribution is -2.39. The summed E-state index contributed by atoms with van der Waals surface area (Å²) in [6.45, 7) is 5.12. The number of guanidine groups is 1. The molecule has 0 saturated carbocycles. The quantitative estimate of drug-likeness (QED) is 0.314. The van der Waals surface area contributed by atoms with Crippen LogP contribution in [-0.4, -0.2) is 42.1 Å². The molecule has 0 unspecified atom stereocenters. The molecule has 0 aromatic carbocycles. The van der Waals surface area contributed by atoms with Crippen LogP contribution >= 0.6 is 24.0 Å². The van der Waals surface area contributed by atoms with Crippen LogP contribution in [0.4, 0.5) is 13.2 Å². The summed E-state index contributed by atoms with van der Waals surface area (Å²) in [6, 6.07) is 2.01. The van der Waals surface area contributed by atoms with Crippen molar-refractivity contribution in [2.24, 2.45) is 4.99 Å². The maximum atomic E-state index is 12.0. The minimum atomic E-state index is -4.15. The largest absolute Gasteiger partial charge is 0.390 e. The van der Waals surface area contributed by atoms with E-state index in [4.69, 9.17) is 0 Å². The Labute approximate surface area is 145 Å². The lowest BCUT2D eigenvalue weighted by atomic mass is 10.4. The number of halogens is 4. The molecule has 0 aliphatic heterocycles. The molecular formula is C13H23F3IN5. The molecule has 0 atom stereocenters. The summed E-state index contributed by atoms with van der Waals surface area (Å²) in [5.41, 5.74) is 2.07. The molecule has 0 aliphatic carbocycles. The van der Waals surface area contributed by atoms with Gasteiger partial charge in [-0.05, 0) is 26.3 Å². The Balaban J connectivity index is 0.00000441. The SMILES string of the molecule is CN=C(NCCCn1nc(C)cc1C)NCCC(F)(F)F.I. The molecule has 128 valence electrons. The number of aryl methyl sites for hydroxylation is 3. The van der Waals surface area contributed by atoms with Crippen molar-refractivity contribution in [1.29, 1.82) is 0 Å². The van der Waals surface area contributed by atoms with E-state index in [-0.39, 0.29) is 30.5 Å². The van der Waals surface area contributed by atoms with Gasteiger partial charge in [-0.2, -0.15) is 18.3 Å². The summed E-state index contributed by atoms with van der Waals surface area (Å²) < 4.78 is 38.0. The highest BCUT2D eigenvalue weighted by Crippen LogP contribution is 2.17. The fraction of sp³-hybridized carbons (Fsp3) is 0.692. The summed E-state index contributed by atoms with van der Waals surface area (Å²) in [5, 5.41) is 9.96. The molecule has 0 spiro atoms. The molecule has 0 saturated heterocycles. The minimum absolute atomic E-state index is 0. The van der Waals surface area contributed by atoms with Gasteiger partial charge in [-0.1, -0.05) is 0 Å². The van der Waals surface area contributed by atoms with E-state index in [0.717, 1.165) is 24.4 Å². The number of hydrogen-bond acceptors (Lipinski definition) is 2. The predicted octanol–water partition coefficient (Wildman–Crippen LogP) is 2.63. The average Bonchev–Trinajstić information content (AvgIpc) is 2.69. The van der Waals surface area contributed by atoms with Gasteiger partial charge in [0.2, 0.25) is 0 Å². The highest BCUT2D eigenvalue weighted by Gasteiger charge is 2.26. The zero-order valence-electron chi connectivity index (χ0n) is 13.0. The van der Waals surface area contributed by atoms with Crippen LogP contribution in [-0.2, 0) is 6.54 Å². The van der Waals surface area contributed by atoms with Gasteiger partial charge in [0.15, 0.2) is 5.96 Å². The highest BCUT2D eigenvalue weighted by atomic mass is 127. The van der Waals surface area contributed by atoms with Crippen LogP contribution in [0.3, 0.4) is 0 Å². The van der Waals surface area contributed by atoms with Crippen molar-refractivity contribution in [3.05, 3.63) is 17.5 Å². The second kappa shape index (κ2) is 9.90. The van der Waals surface area contributed by atoms with E-state index in [1.54, 1.807) is 0 Å². The van der Waals surface area contributed by atoms with Crippen molar-refractivity contribution in [3.8, 4) is 0 Å². The van der Waals surface area contributed by atoms with E-state index in [0.29, 0.717) is 12.5 Å². The molecule has 5 nitrogen and oxygen atoms in total. The number of aliphatic imine (C=N–C) groups is 1. The van der Waals surface area contributed by atoms with Crippen molar-refractivity contribution in [2.75, 3.05) is 20.1 Å². The Morgan fingerprint density at radius 3 is 2.41 bits per heavy atom. The molecule has 9 heteroatoms. The van der Waals surface area contributed by atoms with Gasteiger partial charge < -0.3 is 10.6 Å². The van der Waals surface area contributed by atoms with Crippen molar-refractivity contribution >= 4 is 29.9 Å². The first-order valence-corrected chi connectivity index (χ1v) is 6.84. The molecular weight excluding hydrogens is 410 g/mol. The first-order valence-electron chi connectivity index (χ1n) is 6.84. The Kier molecular flexibility index (Phi) is 9.45.